The number of carboxylic acid groups (broad SMARTS) is 1. The van der Waals surface area contributed by atoms with Crippen molar-refractivity contribution in [3.05, 3.63) is 16.5 Å². The van der Waals surface area contributed by atoms with E-state index in [4.69, 9.17) is 19.7 Å². The molecule has 1 aromatic rings. The van der Waals surface area contributed by atoms with E-state index in [0.717, 1.165) is 6.07 Å². The largest absolute Gasteiger partial charge is 0.475 e. The minimum absolute atomic E-state index is 0.282. The quantitative estimate of drug-likeness (QED) is 0.551. The molecule has 1 heterocycles. The van der Waals surface area contributed by atoms with Crippen LogP contribution in [0.4, 0.5) is 0 Å². The summed E-state index contributed by atoms with van der Waals surface area (Å²) >= 11 is 2.80. The molecule has 1 rings (SSSR count). The fourth-order valence-corrected chi connectivity index (χ4v) is 3.47. The van der Waals surface area contributed by atoms with Gasteiger partial charge in [0.15, 0.2) is 4.67 Å². The number of hydrogen-bond donors (Lipinski definition) is 4. The lowest BCUT2D eigenvalue weighted by molar-refractivity contribution is 0.0661. The Labute approximate surface area is 117 Å². The Bertz CT molecular complexity index is 575. The molecule has 0 aliphatic heterocycles. The van der Waals surface area contributed by atoms with Crippen LogP contribution in [0.25, 0.3) is 0 Å². The van der Waals surface area contributed by atoms with Crippen LogP contribution in [0.1, 0.15) is 17.5 Å². The molecule has 4 N–H and O–H groups in total. The number of nitrogens with one attached hydrogen (secondary N) is 1. The lowest BCUT2D eigenvalue weighted by atomic mass is 10.1. The molecule has 0 aliphatic carbocycles. The predicted octanol–water partition coefficient (Wildman–Crippen LogP) is -0.238. The minimum Gasteiger partial charge on any atom is -0.475 e. The van der Waals surface area contributed by atoms with Gasteiger partial charge in [0.2, 0.25) is 15.8 Å². The molecule has 0 bridgehead atoms. The summed E-state index contributed by atoms with van der Waals surface area (Å²) in [6.07, 6.45) is 0. The zero-order valence-electron chi connectivity index (χ0n) is 9.75. The van der Waals surface area contributed by atoms with E-state index in [1.165, 1.54) is 6.92 Å². The molecule has 108 valence electrons. The van der Waals surface area contributed by atoms with Crippen molar-refractivity contribution in [1.82, 2.24) is 4.72 Å². The Morgan fingerprint density at radius 1 is 1.47 bits per heavy atom. The number of carboxylic acids is 1. The molecule has 1 aromatic heterocycles. The van der Waals surface area contributed by atoms with E-state index in [0.29, 0.717) is 0 Å². The Hall–Kier alpha value is -0.940. The number of rotatable bonds is 6. The number of aliphatic hydroxyl groups is 2. The predicted molar refractivity (Wildman–Crippen MR) is 66.3 cm³/mol. The average molecular weight is 358 g/mol. The molecule has 0 radical (unpaired) electrons. The van der Waals surface area contributed by atoms with E-state index >= 15 is 0 Å². The molecule has 0 saturated heterocycles. The number of carbonyl (C=O) groups is 1. The molecule has 0 aromatic carbocycles. The smallest absolute Gasteiger partial charge is 0.371 e. The summed E-state index contributed by atoms with van der Waals surface area (Å²) in [7, 11) is -4.16. The van der Waals surface area contributed by atoms with E-state index in [9.17, 15) is 13.2 Å². The van der Waals surface area contributed by atoms with Crippen molar-refractivity contribution in [2.45, 2.75) is 17.4 Å². The van der Waals surface area contributed by atoms with Crippen molar-refractivity contribution in [3.8, 4) is 0 Å². The second kappa shape index (κ2) is 5.59. The molecule has 0 fully saturated rings. The van der Waals surface area contributed by atoms with Gasteiger partial charge in [0.05, 0.1) is 18.8 Å². The third-order valence-electron chi connectivity index (χ3n) is 2.23. The summed E-state index contributed by atoms with van der Waals surface area (Å²) < 4.78 is 30.5. The van der Waals surface area contributed by atoms with Crippen molar-refractivity contribution in [2.24, 2.45) is 0 Å². The minimum atomic E-state index is -4.16. The average Bonchev–Trinajstić information content (AvgIpc) is 2.71. The van der Waals surface area contributed by atoms with Crippen molar-refractivity contribution >= 4 is 31.9 Å². The zero-order valence-corrected chi connectivity index (χ0v) is 12.2. The highest BCUT2D eigenvalue weighted by atomic mass is 79.9. The molecule has 19 heavy (non-hydrogen) atoms. The second-order valence-corrected chi connectivity index (χ2v) is 6.41. The SMILES string of the molecule is CC(CO)(CO)NS(=O)(=O)c1cc(C(=O)O)oc1Br. The first-order chi connectivity index (χ1) is 8.65. The summed E-state index contributed by atoms with van der Waals surface area (Å²) in [6, 6.07) is 0.823. The molecule has 0 amide bonds. The van der Waals surface area contributed by atoms with E-state index in [1.54, 1.807) is 0 Å². The fraction of sp³-hybridized carbons (Fsp3) is 0.444. The molecule has 0 saturated carbocycles. The van der Waals surface area contributed by atoms with Crippen LogP contribution in [-0.4, -0.2) is 48.5 Å². The van der Waals surface area contributed by atoms with E-state index in [2.05, 4.69) is 20.7 Å². The lowest BCUT2D eigenvalue weighted by Crippen LogP contribution is -2.51. The third-order valence-corrected chi connectivity index (χ3v) is 4.73. The molecule has 0 unspecified atom stereocenters. The molecular formula is C9H12BrNO7S. The van der Waals surface area contributed by atoms with Crippen LogP contribution in [0, 0.1) is 0 Å². The van der Waals surface area contributed by atoms with Crippen LogP contribution >= 0.6 is 15.9 Å². The van der Waals surface area contributed by atoms with Gasteiger partial charge in [-0.3, -0.25) is 0 Å². The number of sulfonamides is 1. The van der Waals surface area contributed by atoms with E-state index in [1.807, 2.05) is 0 Å². The zero-order chi connectivity index (χ0) is 14.8. The Kier molecular flexibility index (Phi) is 4.74. The van der Waals surface area contributed by atoms with Crippen LogP contribution in [0.15, 0.2) is 20.0 Å². The van der Waals surface area contributed by atoms with Gasteiger partial charge in [0, 0.05) is 6.07 Å². The van der Waals surface area contributed by atoms with Crippen LogP contribution in [0.3, 0.4) is 0 Å². The summed E-state index contributed by atoms with van der Waals surface area (Å²) in [5.41, 5.74) is -1.47. The van der Waals surface area contributed by atoms with Gasteiger partial charge in [-0.1, -0.05) is 0 Å². The van der Waals surface area contributed by atoms with Gasteiger partial charge in [-0.05, 0) is 22.9 Å². The summed E-state index contributed by atoms with van der Waals surface area (Å²) in [6.45, 7) is 0.0185. The standard InChI is InChI=1S/C9H12BrNO7S/c1-9(3-12,4-13)11-19(16,17)6-2-5(8(14)15)18-7(6)10/h2,11-13H,3-4H2,1H3,(H,14,15). The normalized spacial score (nSPS) is 12.6. The van der Waals surface area contributed by atoms with Crippen molar-refractivity contribution in [1.29, 1.82) is 0 Å². The Balaban J connectivity index is 3.18. The molecule has 0 atom stereocenters. The first kappa shape index (κ1) is 16.1. The van der Waals surface area contributed by atoms with Crippen LogP contribution in [0.5, 0.6) is 0 Å². The van der Waals surface area contributed by atoms with Crippen molar-refractivity contribution in [2.75, 3.05) is 13.2 Å². The number of hydrogen-bond acceptors (Lipinski definition) is 6. The molecule has 0 aliphatic rings. The maximum absolute atomic E-state index is 12.0. The molecular weight excluding hydrogens is 346 g/mol. The Morgan fingerprint density at radius 2 is 2.00 bits per heavy atom. The van der Waals surface area contributed by atoms with Gasteiger partial charge in [-0.2, -0.15) is 0 Å². The lowest BCUT2D eigenvalue weighted by Gasteiger charge is -2.25. The van der Waals surface area contributed by atoms with Gasteiger partial charge in [-0.15, -0.1) is 0 Å². The number of furan rings is 1. The van der Waals surface area contributed by atoms with Gasteiger partial charge in [0.1, 0.15) is 4.90 Å². The summed E-state index contributed by atoms with van der Waals surface area (Å²) in [4.78, 5) is 10.2. The van der Waals surface area contributed by atoms with Gasteiger partial charge in [0.25, 0.3) is 0 Å². The Morgan fingerprint density at radius 3 is 2.37 bits per heavy atom. The summed E-state index contributed by atoms with van der Waals surface area (Å²) in [5, 5.41) is 26.8. The van der Waals surface area contributed by atoms with Crippen molar-refractivity contribution < 1.29 is 32.9 Å². The maximum Gasteiger partial charge on any atom is 0.371 e. The second-order valence-electron chi connectivity index (χ2n) is 4.04. The third kappa shape index (κ3) is 3.54. The van der Waals surface area contributed by atoms with Gasteiger partial charge in [-0.25, -0.2) is 17.9 Å². The van der Waals surface area contributed by atoms with Crippen molar-refractivity contribution in [3.63, 3.8) is 0 Å². The number of halogens is 1. The van der Waals surface area contributed by atoms with Gasteiger partial charge >= 0.3 is 5.97 Å². The molecule has 8 nitrogen and oxygen atoms in total. The highest BCUT2D eigenvalue weighted by Crippen LogP contribution is 2.27. The van der Waals surface area contributed by atoms with Crippen LogP contribution in [0.2, 0.25) is 0 Å². The first-order valence-corrected chi connectivity index (χ1v) is 7.21. The maximum atomic E-state index is 12.0. The summed E-state index contributed by atoms with van der Waals surface area (Å²) in [5.74, 6) is -1.98. The first-order valence-electron chi connectivity index (χ1n) is 4.93. The van der Waals surface area contributed by atoms with Crippen LogP contribution < -0.4 is 4.72 Å². The molecule has 10 heteroatoms. The number of aliphatic hydroxyl groups excluding tert-OH is 2. The van der Waals surface area contributed by atoms with Crippen LogP contribution in [-0.2, 0) is 10.0 Å². The highest BCUT2D eigenvalue weighted by molar-refractivity contribution is 9.10. The number of aromatic carboxylic acids is 1. The highest BCUT2D eigenvalue weighted by Gasteiger charge is 2.33. The van der Waals surface area contributed by atoms with Gasteiger partial charge < -0.3 is 19.7 Å². The topological polar surface area (TPSA) is 137 Å². The van der Waals surface area contributed by atoms with E-state index in [-0.39, 0.29) is 4.67 Å². The molecule has 0 spiro atoms. The monoisotopic (exact) mass is 357 g/mol. The fourth-order valence-electron chi connectivity index (χ4n) is 1.13. The van der Waals surface area contributed by atoms with E-state index < -0.39 is 45.4 Å².